The van der Waals surface area contributed by atoms with Gasteiger partial charge in [0.15, 0.2) is 5.16 Å². The number of carboxylic acid groups (broad SMARTS) is 1. The van der Waals surface area contributed by atoms with Crippen LogP contribution in [0, 0.1) is 5.41 Å². The van der Waals surface area contributed by atoms with Crippen molar-refractivity contribution in [2.45, 2.75) is 25.6 Å². The minimum absolute atomic E-state index is 0.0631. The van der Waals surface area contributed by atoms with Gasteiger partial charge >= 0.3 is 5.97 Å². The lowest BCUT2D eigenvalue weighted by Crippen LogP contribution is -2.26. The zero-order chi connectivity index (χ0) is 12.3. The summed E-state index contributed by atoms with van der Waals surface area (Å²) in [5.74, 6) is -0.380. The highest BCUT2D eigenvalue weighted by atomic mass is 32.2. The maximum atomic E-state index is 10.9. The van der Waals surface area contributed by atoms with Gasteiger partial charge in [0.05, 0.1) is 23.9 Å². The second kappa shape index (κ2) is 4.88. The van der Waals surface area contributed by atoms with E-state index in [0.717, 1.165) is 10.9 Å². The molecule has 0 atom stereocenters. The Bertz CT molecular complexity index is 387. The Labute approximate surface area is 98.5 Å². The fourth-order valence-electron chi connectivity index (χ4n) is 1.01. The molecule has 2 N–H and O–H groups in total. The maximum absolute atomic E-state index is 10.9. The Hall–Kier alpha value is -1.01. The van der Waals surface area contributed by atoms with Gasteiger partial charge < -0.3 is 14.8 Å². The van der Waals surface area contributed by atoms with Crippen molar-refractivity contribution in [3.63, 3.8) is 0 Å². The van der Waals surface area contributed by atoms with Gasteiger partial charge in [-0.05, 0) is 13.8 Å². The van der Waals surface area contributed by atoms with Crippen LogP contribution in [-0.2, 0) is 18.4 Å². The first-order valence-corrected chi connectivity index (χ1v) is 5.84. The standard InChI is InChI=1S/C10H16N2O3S/c1-10(2,8(14)15)6-16-9-11-4-7(5-13)12(9)3/h4,13H,5-6H2,1-3H3,(H,14,15). The highest BCUT2D eigenvalue weighted by molar-refractivity contribution is 7.99. The molecule has 0 aliphatic heterocycles. The monoisotopic (exact) mass is 244 g/mol. The minimum atomic E-state index is -0.823. The summed E-state index contributed by atoms with van der Waals surface area (Å²) in [6.07, 6.45) is 1.59. The van der Waals surface area contributed by atoms with Crippen molar-refractivity contribution in [2.24, 2.45) is 12.5 Å². The number of rotatable bonds is 5. The van der Waals surface area contributed by atoms with Crippen LogP contribution >= 0.6 is 11.8 Å². The van der Waals surface area contributed by atoms with Crippen molar-refractivity contribution in [3.05, 3.63) is 11.9 Å². The molecular formula is C10H16N2O3S. The average Bonchev–Trinajstić information content (AvgIpc) is 2.56. The van der Waals surface area contributed by atoms with Gasteiger partial charge in [0, 0.05) is 12.8 Å². The van der Waals surface area contributed by atoms with Gasteiger partial charge in [-0.25, -0.2) is 4.98 Å². The van der Waals surface area contributed by atoms with Gasteiger partial charge in [-0.15, -0.1) is 0 Å². The summed E-state index contributed by atoms with van der Waals surface area (Å²) < 4.78 is 1.77. The number of aliphatic hydroxyl groups is 1. The molecule has 0 radical (unpaired) electrons. The van der Waals surface area contributed by atoms with Crippen molar-refractivity contribution in [1.82, 2.24) is 9.55 Å². The summed E-state index contributed by atoms with van der Waals surface area (Å²) in [5, 5.41) is 18.7. The summed E-state index contributed by atoms with van der Waals surface area (Å²) in [6.45, 7) is 3.29. The number of thioether (sulfide) groups is 1. The van der Waals surface area contributed by atoms with E-state index in [1.807, 2.05) is 0 Å². The lowest BCUT2D eigenvalue weighted by molar-refractivity contribution is -0.145. The van der Waals surface area contributed by atoms with Gasteiger partial charge in [0.1, 0.15) is 0 Å². The number of carbonyl (C=O) groups is 1. The van der Waals surface area contributed by atoms with Gasteiger partial charge in [-0.2, -0.15) is 0 Å². The molecule has 0 bridgehead atoms. The molecule has 0 aliphatic rings. The second-order valence-corrected chi connectivity index (χ2v) is 5.17. The Kier molecular flexibility index (Phi) is 3.98. The number of carboxylic acids is 1. The summed E-state index contributed by atoms with van der Waals surface area (Å²) in [6, 6.07) is 0. The average molecular weight is 244 g/mol. The van der Waals surface area contributed by atoms with Crippen molar-refractivity contribution < 1.29 is 15.0 Å². The molecule has 6 heteroatoms. The largest absolute Gasteiger partial charge is 0.481 e. The van der Waals surface area contributed by atoms with E-state index in [4.69, 9.17) is 10.2 Å². The van der Waals surface area contributed by atoms with E-state index in [1.54, 1.807) is 31.7 Å². The van der Waals surface area contributed by atoms with E-state index >= 15 is 0 Å². The topological polar surface area (TPSA) is 75.3 Å². The lowest BCUT2D eigenvalue weighted by Gasteiger charge is -2.17. The third-order valence-electron chi connectivity index (χ3n) is 2.34. The van der Waals surface area contributed by atoms with Crippen LogP contribution in [0.4, 0.5) is 0 Å². The molecule has 0 aromatic carbocycles. The molecule has 0 aliphatic carbocycles. The fraction of sp³-hybridized carbons (Fsp3) is 0.600. The van der Waals surface area contributed by atoms with Crippen LogP contribution in [0.15, 0.2) is 11.4 Å². The van der Waals surface area contributed by atoms with E-state index in [9.17, 15) is 4.79 Å². The molecule has 1 aromatic heterocycles. The van der Waals surface area contributed by atoms with Gasteiger partial charge in [-0.3, -0.25) is 4.79 Å². The summed E-state index contributed by atoms with van der Waals surface area (Å²) >= 11 is 1.38. The van der Waals surface area contributed by atoms with Crippen LogP contribution in [0.1, 0.15) is 19.5 Å². The first kappa shape index (κ1) is 13.1. The minimum Gasteiger partial charge on any atom is -0.481 e. The van der Waals surface area contributed by atoms with Crippen molar-refractivity contribution in [3.8, 4) is 0 Å². The molecule has 1 aromatic rings. The van der Waals surface area contributed by atoms with E-state index in [2.05, 4.69) is 4.98 Å². The summed E-state index contributed by atoms with van der Waals surface area (Å²) in [5.41, 5.74) is -0.0636. The van der Waals surface area contributed by atoms with E-state index < -0.39 is 11.4 Å². The Morgan fingerprint density at radius 1 is 1.62 bits per heavy atom. The molecule has 0 unspecified atom stereocenters. The first-order valence-electron chi connectivity index (χ1n) is 4.86. The number of nitrogens with zero attached hydrogens (tertiary/aromatic N) is 2. The Morgan fingerprint density at radius 3 is 2.69 bits per heavy atom. The highest BCUT2D eigenvalue weighted by Gasteiger charge is 2.27. The third kappa shape index (κ3) is 2.76. The summed E-state index contributed by atoms with van der Waals surface area (Å²) in [7, 11) is 1.80. The molecule has 16 heavy (non-hydrogen) atoms. The third-order valence-corrected chi connectivity index (χ3v) is 3.85. The number of aromatic nitrogens is 2. The zero-order valence-corrected chi connectivity index (χ0v) is 10.4. The smallest absolute Gasteiger partial charge is 0.309 e. The van der Waals surface area contributed by atoms with Crippen LogP contribution in [0.2, 0.25) is 0 Å². The van der Waals surface area contributed by atoms with Crippen LogP contribution in [0.3, 0.4) is 0 Å². The van der Waals surface area contributed by atoms with Crippen molar-refractivity contribution in [1.29, 1.82) is 0 Å². The van der Waals surface area contributed by atoms with E-state index in [-0.39, 0.29) is 6.61 Å². The second-order valence-electron chi connectivity index (χ2n) is 4.23. The normalized spacial score (nSPS) is 11.8. The quantitative estimate of drug-likeness (QED) is 0.759. The van der Waals surface area contributed by atoms with Crippen LogP contribution in [-0.4, -0.2) is 31.5 Å². The molecule has 0 fully saturated rings. The summed E-state index contributed by atoms with van der Waals surface area (Å²) in [4.78, 5) is 15.0. The molecule has 5 nitrogen and oxygen atoms in total. The van der Waals surface area contributed by atoms with E-state index in [0.29, 0.717) is 5.75 Å². The van der Waals surface area contributed by atoms with Crippen LogP contribution in [0.25, 0.3) is 0 Å². The molecule has 0 saturated heterocycles. The van der Waals surface area contributed by atoms with Gasteiger partial charge in [0.2, 0.25) is 0 Å². The lowest BCUT2D eigenvalue weighted by atomic mass is 9.97. The number of hydrogen-bond donors (Lipinski definition) is 2. The van der Waals surface area contributed by atoms with Crippen molar-refractivity contribution in [2.75, 3.05) is 5.75 Å². The van der Waals surface area contributed by atoms with Crippen molar-refractivity contribution >= 4 is 17.7 Å². The number of aliphatic carboxylic acids is 1. The SMILES string of the molecule is Cn1c(CO)cnc1SCC(C)(C)C(=O)O. The predicted molar refractivity (Wildman–Crippen MR) is 61.3 cm³/mol. The molecule has 90 valence electrons. The van der Waals surface area contributed by atoms with Crippen LogP contribution < -0.4 is 0 Å². The molecule has 1 rings (SSSR count). The number of imidazole rings is 1. The zero-order valence-electron chi connectivity index (χ0n) is 9.60. The Morgan fingerprint density at radius 2 is 2.25 bits per heavy atom. The maximum Gasteiger partial charge on any atom is 0.309 e. The highest BCUT2D eigenvalue weighted by Crippen LogP contribution is 2.27. The number of hydrogen-bond acceptors (Lipinski definition) is 4. The number of aliphatic hydroxyl groups excluding tert-OH is 1. The van der Waals surface area contributed by atoms with Gasteiger partial charge in [0.25, 0.3) is 0 Å². The Balaban J connectivity index is 2.68. The van der Waals surface area contributed by atoms with Gasteiger partial charge in [-0.1, -0.05) is 11.8 Å². The van der Waals surface area contributed by atoms with E-state index in [1.165, 1.54) is 11.8 Å². The molecule has 0 saturated carbocycles. The fourth-order valence-corrected chi connectivity index (χ4v) is 2.07. The molecular weight excluding hydrogens is 228 g/mol. The molecule has 0 spiro atoms. The molecule has 1 heterocycles. The first-order chi connectivity index (χ1) is 7.38. The predicted octanol–water partition coefficient (Wildman–Crippen LogP) is 1.12. The van der Waals surface area contributed by atoms with Crippen LogP contribution in [0.5, 0.6) is 0 Å². The molecule has 0 amide bonds.